The third-order valence-corrected chi connectivity index (χ3v) is 3.43. The van der Waals surface area contributed by atoms with E-state index in [-0.39, 0.29) is 6.79 Å². The number of benzene rings is 2. The molecule has 2 N–H and O–H groups in total. The molecular weight excluding hydrogens is 254 g/mol. The molecule has 0 fully saturated rings. The van der Waals surface area contributed by atoms with E-state index < -0.39 is 0 Å². The van der Waals surface area contributed by atoms with Gasteiger partial charge < -0.3 is 19.9 Å². The molecule has 1 aliphatic rings. The van der Waals surface area contributed by atoms with Crippen LogP contribution in [-0.4, -0.2) is 11.9 Å². The molecule has 0 bridgehead atoms. The maximum atomic E-state index is 9.96. The van der Waals surface area contributed by atoms with E-state index >= 15 is 0 Å². The number of hydrogen-bond acceptors (Lipinski definition) is 4. The molecule has 3 rings (SSSR count). The maximum Gasteiger partial charge on any atom is 0.231 e. The highest BCUT2D eigenvalue weighted by Crippen LogP contribution is 2.35. The van der Waals surface area contributed by atoms with Gasteiger partial charge in [-0.1, -0.05) is 30.3 Å². The molecule has 104 valence electrons. The number of phenols is 1. The minimum atomic E-state index is 0.283. The third kappa shape index (κ3) is 2.42. The predicted molar refractivity (Wildman–Crippen MR) is 76.0 cm³/mol. The first-order valence-electron chi connectivity index (χ1n) is 6.61. The quantitative estimate of drug-likeness (QED) is 0.897. The van der Waals surface area contributed by atoms with E-state index in [1.807, 2.05) is 43.3 Å². The summed E-state index contributed by atoms with van der Waals surface area (Å²) in [4.78, 5) is 0. The molecule has 0 saturated carbocycles. The summed E-state index contributed by atoms with van der Waals surface area (Å²) >= 11 is 0. The molecule has 4 nitrogen and oxygen atoms in total. The van der Waals surface area contributed by atoms with Gasteiger partial charge in [-0.15, -0.1) is 0 Å². The molecule has 1 heterocycles. The number of hydrogen-bond donors (Lipinski definition) is 2. The Hall–Kier alpha value is -2.20. The number of phenolic OH excluding ortho intramolecular Hbond substituents is 1. The Labute approximate surface area is 118 Å². The summed E-state index contributed by atoms with van der Waals surface area (Å²) in [5.74, 6) is 1.97. The highest BCUT2D eigenvalue weighted by Gasteiger charge is 2.16. The lowest BCUT2D eigenvalue weighted by atomic mass is 10.1. The normalized spacial score (nSPS) is 12.7. The van der Waals surface area contributed by atoms with Gasteiger partial charge in [0.05, 0.1) is 0 Å². The van der Waals surface area contributed by atoms with E-state index in [1.165, 1.54) is 0 Å². The SMILES string of the molecule is Cc1cccc(CNCc2cccc3c2OCO3)c1O. The zero-order valence-corrected chi connectivity index (χ0v) is 11.3. The van der Waals surface area contributed by atoms with Crippen LogP contribution in [0.25, 0.3) is 0 Å². The molecule has 4 heteroatoms. The summed E-state index contributed by atoms with van der Waals surface area (Å²) in [6.45, 7) is 3.46. The van der Waals surface area contributed by atoms with Crippen LogP contribution in [0.3, 0.4) is 0 Å². The van der Waals surface area contributed by atoms with Crippen molar-refractivity contribution in [2.24, 2.45) is 0 Å². The van der Waals surface area contributed by atoms with Crippen molar-refractivity contribution >= 4 is 0 Å². The number of ether oxygens (including phenoxy) is 2. The van der Waals surface area contributed by atoms with Gasteiger partial charge in [0.2, 0.25) is 6.79 Å². The summed E-state index contributed by atoms with van der Waals surface area (Å²) in [5.41, 5.74) is 2.85. The Morgan fingerprint density at radius 2 is 1.80 bits per heavy atom. The van der Waals surface area contributed by atoms with Crippen molar-refractivity contribution in [1.82, 2.24) is 5.32 Å². The highest BCUT2D eigenvalue weighted by molar-refractivity contribution is 5.48. The molecule has 0 spiro atoms. The van der Waals surface area contributed by atoms with Crippen LogP contribution in [-0.2, 0) is 13.1 Å². The molecule has 0 aromatic heterocycles. The van der Waals surface area contributed by atoms with E-state index in [9.17, 15) is 5.11 Å². The number of nitrogens with one attached hydrogen (secondary N) is 1. The van der Waals surface area contributed by atoms with Crippen LogP contribution in [0.4, 0.5) is 0 Å². The minimum absolute atomic E-state index is 0.283. The lowest BCUT2D eigenvalue weighted by Crippen LogP contribution is -2.13. The van der Waals surface area contributed by atoms with E-state index in [2.05, 4.69) is 5.32 Å². The van der Waals surface area contributed by atoms with Crippen molar-refractivity contribution < 1.29 is 14.6 Å². The molecule has 0 atom stereocenters. The molecule has 0 amide bonds. The summed E-state index contributed by atoms with van der Waals surface area (Å²) in [6.07, 6.45) is 0. The standard InChI is InChI=1S/C16H17NO3/c1-11-4-2-5-12(15(11)18)8-17-9-13-6-3-7-14-16(13)20-10-19-14/h2-7,17-18H,8-10H2,1H3. The molecule has 1 aliphatic heterocycles. The Bertz CT molecular complexity index is 625. The topological polar surface area (TPSA) is 50.7 Å². The molecule has 2 aromatic carbocycles. The van der Waals surface area contributed by atoms with E-state index in [0.29, 0.717) is 18.8 Å². The number of para-hydroxylation sites is 2. The van der Waals surface area contributed by atoms with Gasteiger partial charge in [-0.3, -0.25) is 0 Å². The monoisotopic (exact) mass is 271 g/mol. The first kappa shape index (κ1) is 12.8. The summed E-state index contributed by atoms with van der Waals surface area (Å²) in [5, 5.41) is 13.3. The average Bonchev–Trinajstić information content (AvgIpc) is 2.93. The maximum absolute atomic E-state index is 9.96. The lowest BCUT2D eigenvalue weighted by molar-refractivity contribution is 0.173. The lowest BCUT2D eigenvalue weighted by Gasteiger charge is -2.10. The van der Waals surface area contributed by atoms with Gasteiger partial charge in [0.15, 0.2) is 11.5 Å². The Kier molecular flexibility index (Phi) is 3.48. The first-order valence-corrected chi connectivity index (χ1v) is 6.61. The van der Waals surface area contributed by atoms with Gasteiger partial charge in [0, 0.05) is 24.2 Å². The van der Waals surface area contributed by atoms with Crippen LogP contribution in [0.5, 0.6) is 17.2 Å². The van der Waals surface area contributed by atoms with Gasteiger partial charge in [0.25, 0.3) is 0 Å². The van der Waals surface area contributed by atoms with Crippen molar-refractivity contribution in [3.63, 3.8) is 0 Å². The van der Waals surface area contributed by atoms with Gasteiger partial charge in [-0.2, -0.15) is 0 Å². The fraction of sp³-hybridized carbons (Fsp3) is 0.250. The fourth-order valence-electron chi connectivity index (χ4n) is 2.32. The zero-order chi connectivity index (χ0) is 13.9. The van der Waals surface area contributed by atoms with Crippen molar-refractivity contribution in [2.75, 3.05) is 6.79 Å². The molecule has 20 heavy (non-hydrogen) atoms. The van der Waals surface area contributed by atoms with Gasteiger partial charge in [0.1, 0.15) is 5.75 Å². The summed E-state index contributed by atoms with van der Waals surface area (Å²) in [6, 6.07) is 11.6. The van der Waals surface area contributed by atoms with Gasteiger partial charge >= 0.3 is 0 Å². The number of rotatable bonds is 4. The second kappa shape index (κ2) is 5.43. The van der Waals surface area contributed by atoms with Crippen LogP contribution in [0.1, 0.15) is 16.7 Å². The molecular formula is C16H17NO3. The second-order valence-corrected chi connectivity index (χ2v) is 4.84. The molecule has 2 aromatic rings. The van der Waals surface area contributed by atoms with Crippen molar-refractivity contribution in [2.45, 2.75) is 20.0 Å². The van der Waals surface area contributed by atoms with E-state index in [0.717, 1.165) is 28.2 Å². The summed E-state index contributed by atoms with van der Waals surface area (Å²) < 4.78 is 10.8. The smallest absolute Gasteiger partial charge is 0.231 e. The second-order valence-electron chi connectivity index (χ2n) is 4.84. The van der Waals surface area contributed by atoms with E-state index in [4.69, 9.17) is 9.47 Å². The van der Waals surface area contributed by atoms with Crippen LogP contribution in [0.15, 0.2) is 36.4 Å². The molecule has 0 aliphatic carbocycles. The zero-order valence-electron chi connectivity index (χ0n) is 11.3. The fourth-order valence-corrected chi connectivity index (χ4v) is 2.32. The van der Waals surface area contributed by atoms with Crippen LogP contribution < -0.4 is 14.8 Å². The van der Waals surface area contributed by atoms with Crippen LogP contribution in [0.2, 0.25) is 0 Å². The van der Waals surface area contributed by atoms with Crippen molar-refractivity contribution in [1.29, 1.82) is 0 Å². The third-order valence-electron chi connectivity index (χ3n) is 3.43. The van der Waals surface area contributed by atoms with Crippen LogP contribution in [0, 0.1) is 6.92 Å². The Morgan fingerprint density at radius 1 is 1.05 bits per heavy atom. The number of aryl methyl sites for hydroxylation is 1. The summed E-state index contributed by atoms with van der Waals surface area (Å²) in [7, 11) is 0. The minimum Gasteiger partial charge on any atom is -0.507 e. The number of fused-ring (bicyclic) bond motifs is 1. The number of aromatic hydroxyl groups is 1. The molecule has 0 saturated heterocycles. The predicted octanol–water partition coefficient (Wildman–Crippen LogP) is 2.72. The van der Waals surface area contributed by atoms with Crippen molar-refractivity contribution in [3.05, 3.63) is 53.1 Å². The van der Waals surface area contributed by atoms with Gasteiger partial charge in [-0.25, -0.2) is 0 Å². The van der Waals surface area contributed by atoms with Crippen molar-refractivity contribution in [3.8, 4) is 17.2 Å². The average molecular weight is 271 g/mol. The largest absolute Gasteiger partial charge is 0.507 e. The van der Waals surface area contributed by atoms with E-state index in [1.54, 1.807) is 0 Å². The Balaban J connectivity index is 1.66. The molecule has 0 unspecified atom stereocenters. The van der Waals surface area contributed by atoms with Crippen LogP contribution >= 0.6 is 0 Å². The first-order chi connectivity index (χ1) is 9.75. The van der Waals surface area contributed by atoms with Gasteiger partial charge in [-0.05, 0) is 18.6 Å². The Morgan fingerprint density at radius 3 is 2.70 bits per heavy atom. The highest BCUT2D eigenvalue weighted by atomic mass is 16.7. The molecule has 0 radical (unpaired) electrons.